The average Bonchev–Trinajstić information content (AvgIpc) is 3.10. The van der Waals surface area contributed by atoms with Crippen molar-refractivity contribution in [3.63, 3.8) is 0 Å². The van der Waals surface area contributed by atoms with Crippen molar-refractivity contribution >= 4 is 23.2 Å². The van der Waals surface area contributed by atoms with Crippen molar-refractivity contribution in [2.24, 2.45) is 0 Å². The largest absolute Gasteiger partial charge is 0.477 e. The number of likely N-dealkylation sites (tertiary alicyclic amines) is 1. The lowest BCUT2D eigenvalue weighted by atomic mass is 10.0. The summed E-state index contributed by atoms with van der Waals surface area (Å²) < 4.78 is 13.5. The molecule has 1 fully saturated rings. The molecule has 126 valence electrons. The Labute approximate surface area is 142 Å². The molecule has 2 heterocycles. The van der Waals surface area contributed by atoms with Crippen LogP contribution in [0.2, 0.25) is 0 Å². The highest BCUT2D eigenvalue weighted by molar-refractivity contribution is 7.14. The Kier molecular flexibility index (Phi) is 4.38. The van der Waals surface area contributed by atoms with Gasteiger partial charge in [-0.1, -0.05) is 12.1 Å². The highest BCUT2D eigenvalue weighted by Gasteiger charge is 2.38. The van der Waals surface area contributed by atoms with E-state index in [1.165, 1.54) is 29.2 Å². The summed E-state index contributed by atoms with van der Waals surface area (Å²) >= 11 is 1.04. The van der Waals surface area contributed by atoms with Crippen LogP contribution in [0.1, 0.15) is 42.9 Å². The van der Waals surface area contributed by atoms with Gasteiger partial charge in [-0.15, -0.1) is 11.3 Å². The molecule has 0 bridgehead atoms. The van der Waals surface area contributed by atoms with Crippen LogP contribution in [-0.2, 0) is 0 Å². The molecule has 0 radical (unpaired) electrons. The Balaban J connectivity index is 1.95. The van der Waals surface area contributed by atoms with E-state index < -0.39 is 23.9 Å². The van der Waals surface area contributed by atoms with E-state index in [2.05, 4.69) is 0 Å². The first-order valence-corrected chi connectivity index (χ1v) is 8.28. The van der Waals surface area contributed by atoms with Gasteiger partial charge in [0.15, 0.2) is 0 Å². The summed E-state index contributed by atoms with van der Waals surface area (Å²) in [6.45, 7) is 2.02. The number of carboxylic acids is 1. The van der Waals surface area contributed by atoms with Crippen LogP contribution in [-0.4, -0.2) is 39.6 Å². The molecule has 1 saturated heterocycles. The van der Waals surface area contributed by atoms with Crippen molar-refractivity contribution in [3.05, 3.63) is 57.0 Å². The molecule has 2 atom stereocenters. The fourth-order valence-corrected chi connectivity index (χ4v) is 3.90. The minimum atomic E-state index is -1.08. The standard InChI is InChI=1S/C17H16FNO4S/c1-9-12(8-14(24-9)17(22)23)16(21)19-6-5-13(20)15(19)10-3-2-4-11(18)7-10/h2-4,7-8,13,15,20H,5-6H2,1H3,(H,22,23)/t13-,15-/m1/s1. The van der Waals surface area contributed by atoms with Crippen molar-refractivity contribution in [2.75, 3.05) is 6.54 Å². The number of carbonyl (C=O) groups excluding carboxylic acids is 1. The first kappa shape index (κ1) is 16.6. The third kappa shape index (κ3) is 2.92. The zero-order valence-corrected chi connectivity index (χ0v) is 13.7. The lowest BCUT2D eigenvalue weighted by molar-refractivity contribution is 0.0637. The number of aliphatic hydroxyl groups is 1. The van der Waals surface area contributed by atoms with Gasteiger partial charge in [-0.2, -0.15) is 0 Å². The van der Waals surface area contributed by atoms with Gasteiger partial charge in [0.2, 0.25) is 0 Å². The van der Waals surface area contributed by atoms with Gasteiger partial charge >= 0.3 is 5.97 Å². The minimum absolute atomic E-state index is 0.0953. The molecule has 24 heavy (non-hydrogen) atoms. The van der Waals surface area contributed by atoms with Gasteiger partial charge in [-0.25, -0.2) is 9.18 Å². The minimum Gasteiger partial charge on any atom is -0.477 e. The highest BCUT2D eigenvalue weighted by Crippen LogP contribution is 2.35. The molecule has 2 N–H and O–H groups in total. The Bertz CT molecular complexity index is 804. The fraction of sp³-hybridized carbons (Fsp3) is 0.294. The van der Waals surface area contributed by atoms with Gasteiger partial charge < -0.3 is 15.1 Å². The number of amides is 1. The number of aliphatic hydroxyl groups excluding tert-OH is 1. The summed E-state index contributed by atoms with van der Waals surface area (Å²) in [6, 6.07) is 6.54. The van der Waals surface area contributed by atoms with E-state index in [4.69, 9.17) is 5.11 Å². The van der Waals surface area contributed by atoms with Gasteiger partial charge in [0.1, 0.15) is 10.7 Å². The van der Waals surface area contributed by atoms with Gasteiger partial charge in [-0.3, -0.25) is 4.79 Å². The van der Waals surface area contributed by atoms with Crippen LogP contribution in [0.25, 0.3) is 0 Å². The summed E-state index contributed by atoms with van der Waals surface area (Å²) in [5.74, 6) is -1.86. The number of carbonyl (C=O) groups is 2. The second-order valence-corrected chi connectivity index (χ2v) is 7.00. The van der Waals surface area contributed by atoms with E-state index in [1.807, 2.05) is 0 Å². The van der Waals surface area contributed by atoms with Crippen LogP contribution >= 0.6 is 11.3 Å². The third-order valence-electron chi connectivity index (χ3n) is 4.18. The summed E-state index contributed by atoms with van der Waals surface area (Å²) in [5, 5.41) is 19.3. The van der Waals surface area contributed by atoms with Crippen molar-refractivity contribution in [3.8, 4) is 0 Å². The van der Waals surface area contributed by atoms with E-state index in [0.29, 0.717) is 29.0 Å². The molecule has 3 rings (SSSR count). The number of thiophene rings is 1. The van der Waals surface area contributed by atoms with Crippen molar-refractivity contribution in [2.45, 2.75) is 25.5 Å². The molecule has 0 saturated carbocycles. The Hall–Kier alpha value is -2.25. The smallest absolute Gasteiger partial charge is 0.345 e. The second-order valence-electron chi connectivity index (χ2n) is 5.74. The van der Waals surface area contributed by atoms with E-state index in [0.717, 1.165) is 11.3 Å². The SMILES string of the molecule is Cc1sc(C(=O)O)cc1C(=O)N1CC[C@@H](O)[C@H]1c1cccc(F)c1. The van der Waals surface area contributed by atoms with Crippen LogP contribution in [0.4, 0.5) is 4.39 Å². The van der Waals surface area contributed by atoms with Crippen molar-refractivity contribution in [1.29, 1.82) is 0 Å². The van der Waals surface area contributed by atoms with Crippen LogP contribution in [0.15, 0.2) is 30.3 Å². The van der Waals surface area contributed by atoms with Gasteiger partial charge in [0, 0.05) is 11.4 Å². The maximum Gasteiger partial charge on any atom is 0.345 e. The monoisotopic (exact) mass is 349 g/mol. The zero-order chi connectivity index (χ0) is 17.4. The molecule has 1 aromatic heterocycles. The zero-order valence-electron chi connectivity index (χ0n) is 12.9. The van der Waals surface area contributed by atoms with Gasteiger partial charge in [0.05, 0.1) is 17.7 Å². The Morgan fingerprint density at radius 1 is 1.33 bits per heavy atom. The van der Waals surface area contributed by atoms with Crippen molar-refractivity contribution < 1.29 is 24.2 Å². The maximum atomic E-state index is 13.5. The molecular formula is C17H16FNO4S. The fourth-order valence-electron chi connectivity index (χ4n) is 3.05. The quantitative estimate of drug-likeness (QED) is 0.893. The molecule has 7 heteroatoms. The lowest BCUT2D eigenvalue weighted by Gasteiger charge is -2.27. The topological polar surface area (TPSA) is 77.8 Å². The molecular weight excluding hydrogens is 333 g/mol. The summed E-state index contributed by atoms with van der Waals surface area (Å²) in [5.41, 5.74) is 0.840. The maximum absolute atomic E-state index is 13.5. The normalized spacial score (nSPS) is 20.4. The van der Waals surface area contributed by atoms with Crippen LogP contribution in [0, 0.1) is 12.7 Å². The summed E-state index contributed by atoms with van der Waals surface area (Å²) in [7, 11) is 0. The Morgan fingerprint density at radius 3 is 2.71 bits per heavy atom. The second kappa shape index (κ2) is 6.33. The van der Waals surface area contributed by atoms with Crippen LogP contribution in [0.5, 0.6) is 0 Å². The molecule has 0 spiro atoms. The molecule has 2 aromatic rings. The van der Waals surface area contributed by atoms with Crippen molar-refractivity contribution in [1.82, 2.24) is 4.90 Å². The molecule has 0 aliphatic carbocycles. The number of hydrogen-bond donors (Lipinski definition) is 2. The Morgan fingerprint density at radius 2 is 2.08 bits per heavy atom. The third-order valence-corrected chi connectivity index (χ3v) is 5.21. The van der Waals surface area contributed by atoms with E-state index in [1.54, 1.807) is 13.0 Å². The van der Waals surface area contributed by atoms with E-state index >= 15 is 0 Å². The first-order valence-electron chi connectivity index (χ1n) is 7.46. The summed E-state index contributed by atoms with van der Waals surface area (Å²) in [6.07, 6.45) is -0.393. The first-order chi connectivity index (χ1) is 11.4. The number of nitrogens with zero attached hydrogens (tertiary/aromatic N) is 1. The van der Waals surface area contributed by atoms with Gasteiger partial charge in [0.25, 0.3) is 5.91 Å². The number of aryl methyl sites for hydroxylation is 1. The number of hydrogen-bond acceptors (Lipinski definition) is 4. The lowest BCUT2D eigenvalue weighted by Crippen LogP contribution is -2.33. The van der Waals surface area contributed by atoms with Gasteiger partial charge in [-0.05, 0) is 37.1 Å². The predicted octanol–water partition coefficient (Wildman–Crippen LogP) is 2.84. The van der Waals surface area contributed by atoms with E-state index in [9.17, 15) is 19.1 Å². The summed E-state index contributed by atoms with van der Waals surface area (Å²) in [4.78, 5) is 26.1. The van der Waals surface area contributed by atoms with Crippen LogP contribution < -0.4 is 0 Å². The average molecular weight is 349 g/mol. The predicted molar refractivity (Wildman–Crippen MR) is 86.8 cm³/mol. The number of halogens is 1. The molecule has 1 aliphatic heterocycles. The molecule has 5 nitrogen and oxygen atoms in total. The highest BCUT2D eigenvalue weighted by atomic mass is 32.1. The molecule has 1 amide bonds. The number of carboxylic acid groups (broad SMARTS) is 1. The number of rotatable bonds is 3. The number of aromatic carboxylic acids is 1. The van der Waals surface area contributed by atoms with E-state index in [-0.39, 0.29) is 10.8 Å². The molecule has 1 aliphatic rings. The number of benzene rings is 1. The van der Waals surface area contributed by atoms with Crippen LogP contribution in [0.3, 0.4) is 0 Å². The molecule has 0 unspecified atom stereocenters. The molecule has 1 aromatic carbocycles.